The van der Waals surface area contributed by atoms with Gasteiger partial charge in [0.05, 0.1) is 0 Å². The van der Waals surface area contributed by atoms with E-state index in [2.05, 4.69) is 33.0 Å². The van der Waals surface area contributed by atoms with Crippen molar-refractivity contribution in [2.75, 3.05) is 13.6 Å². The van der Waals surface area contributed by atoms with Gasteiger partial charge < -0.3 is 5.32 Å². The fourth-order valence-electron chi connectivity index (χ4n) is 0.787. The van der Waals surface area contributed by atoms with E-state index in [1.807, 2.05) is 34.7 Å². The number of hydrogen-bond acceptors (Lipinski definition) is 1. The van der Waals surface area contributed by atoms with Crippen molar-refractivity contribution in [2.45, 2.75) is 81.1 Å². The molecular weight excluding hydrogens is 194 g/mol. The maximum Gasteiger partial charge on any atom is -0.00495 e. The summed E-state index contributed by atoms with van der Waals surface area (Å²) in [4.78, 5) is 0. The summed E-state index contributed by atoms with van der Waals surface area (Å²) in [6.45, 7) is 18.0. The van der Waals surface area contributed by atoms with Gasteiger partial charge >= 0.3 is 0 Å². The Labute approximate surface area is 106 Å². The fraction of sp³-hybridized carbons (Fsp3) is 1.00. The summed E-state index contributed by atoms with van der Waals surface area (Å²) in [6.07, 6.45) is 5.36. The largest absolute Gasteiger partial charge is 0.320 e. The molecule has 0 aliphatic carbocycles. The minimum absolute atomic E-state index is 0.840. The summed E-state index contributed by atoms with van der Waals surface area (Å²) in [5.41, 5.74) is 0. The molecule has 0 saturated heterocycles. The van der Waals surface area contributed by atoms with Crippen molar-refractivity contribution in [1.82, 2.24) is 5.32 Å². The molecule has 0 fully saturated rings. The third-order valence-corrected chi connectivity index (χ3v) is 1.68. The second-order valence-electron chi connectivity index (χ2n) is 3.64. The van der Waals surface area contributed by atoms with E-state index in [-0.39, 0.29) is 0 Å². The van der Waals surface area contributed by atoms with Crippen molar-refractivity contribution in [3.8, 4) is 0 Å². The minimum atomic E-state index is 0.840. The van der Waals surface area contributed by atoms with Gasteiger partial charge in [-0.05, 0) is 25.9 Å². The van der Waals surface area contributed by atoms with Crippen LogP contribution in [0.5, 0.6) is 0 Å². The number of rotatable bonds is 5. The van der Waals surface area contributed by atoms with E-state index in [0.717, 1.165) is 12.5 Å². The molecule has 0 amide bonds. The molecule has 0 aliphatic rings. The lowest BCUT2D eigenvalue weighted by Gasteiger charge is -2.00. The van der Waals surface area contributed by atoms with E-state index in [0.29, 0.717) is 0 Å². The molecule has 0 saturated carbocycles. The van der Waals surface area contributed by atoms with Gasteiger partial charge in [0.15, 0.2) is 0 Å². The van der Waals surface area contributed by atoms with Crippen molar-refractivity contribution >= 4 is 0 Å². The van der Waals surface area contributed by atoms with Crippen LogP contribution in [0.15, 0.2) is 0 Å². The molecule has 0 radical (unpaired) electrons. The minimum Gasteiger partial charge on any atom is -0.320 e. The van der Waals surface area contributed by atoms with E-state index < -0.39 is 0 Å². The highest BCUT2D eigenvalue weighted by molar-refractivity contribution is 4.45. The molecule has 0 bridgehead atoms. The van der Waals surface area contributed by atoms with Crippen molar-refractivity contribution in [1.29, 1.82) is 0 Å². The van der Waals surface area contributed by atoms with Crippen LogP contribution in [0.1, 0.15) is 81.1 Å². The molecule has 0 atom stereocenters. The zero-order valence-electron chi connectivity index (χ0n) is 13.6. The Balaban J connectivity index is -0.0000000704. The van der Waals surface area contributed by atoms with Gasteiger partial charge in [0.1, 0.15) is 0 Å². The van der Waals surface area contributed by atoms with Crippen LogP contribution in [0.3, 0.4) is 0 Å². The molecule has 104 valence electrons. The Morgan fingerprint density at radius 2 is 1.25 bits per heavy atom. The van der Waals surface area contributed by atoms with Crippen LogP contribution in [-0.4, -0.2) is 13.6 Å². The Morgan fingerprint density at radius 3 is 1.31 bits per heavy atom. The summed E-state index contributed by atoms with van der Waals surface area (Å²) in [6, 6.07) is 0. The number of hydrogen-bond donors (Lipinski definition) is 1. The van der Waals surface area contributed by atoms with Crippen LogP contribution in [0, 0.1) is 5.92 Å². The predicted molar refractivity (Wildman–Crippen MR) is 81.3 cm³/mol. The van der Waals surface area contributed by atoms with Gasteiger partial charge in [-0.25, -0.2) is 0 Å². The highest BCUT2D eigenvalue weighted by Gasteiger charge is 1.88. The lowest BCUT2D eigenvalue weighted by Crippen LogP contribution is -2.09. The van der Waals surface area contributed by atoms with Crippen molar-refractivity contribution < 1.29 is 0 Å². The summed E-state index contributed by atoms with van der Waals surface area (Å²) >= 11 is 0. The van der Waals surface area contributed by atoms with Gasteiger partial charge in [-0.15, -0.1) is 0 Å². The lowest BCUT2D eigenvalue weighted by molar-refractivity contribution is 0.562. The van der Waals surface area contributed by atoms with Crippen molar-refractivity contribution in [3.05, 3.63) is 0 Å². The topological polar surface area (TPSA) is 12.0 Å². The summed E-state index contributed by atoms with van der Waals surface area (Å²) in [7, 11) is 1.99. The molecule has 0 heterocycles. The molecule has 0 unspecified atom stereocenters. The predicted octanol–water partition coefficient (Wildman–Crippen LogP) is 5.50. The van der Waals surface area contributed by atoms with Gasteiger partial charge in [0.25, 0.3) is 0 Å². The molecule has 0 aromatic heterocycles. The fourth-order valence-corrected chi connectivity index (χ4v) is 0.787. The average molecular weight is 233 g/mol. The van der Waals surface area contributed by atoms with E-state index in [4.69, 9.17) is 0 Å². The Hall–Kier alpha value is -0.0400. The van der Waals surface area contributed by atoms with E-state index in [1.54, 1.807) is 0 Å². The summed E-state index contributed by atoms with van der Waals surface area (Å²) < 4.78 is 0. The van der Waals surface area contributed by atoms with Gasteiger partial charge in [0.2, 0.25) is 0 Å². The molecule has 1 heteroatoms. The third-order valence-electron chi connectivity index (χ3n) is 1.68. The number of nitrogens with one attached hydrogen (secondary N) is 1. The molecular formula is C15H39N. The molecule has 0 spiro atoms. The molecule has 0 aromatic rings. The zero-order valence-corrected chi connectivity index (χ0v) is 13.6. The van der Waals surface area contributed by atoms with Crippen LogP contribution in [0.4, 0.5) is 0 Å². The van der Waals surface area contributed by atoms with E-state index in [1.165, 1.54) is 25.7 Å². The molecule has 0 rings (SSSR count). The van der Waals surface area contributed by atoms with Gasteiger partial charge in [-0.3, -0.25) is 0 Å². The van der Waals surface area contributed by atoms with E-state index in [9.17, 15) is 0 Å². The summed E-state index contributed by atoms with van der Waals surface area (Å²) in [5.74, 6) is 0.840. The van der Waals surface area contributed by atoms with Crippen molar-refractivity contribution in [2.24, 2.45) is 5.92 Å². The van der Waals surface area contributed by atoms with Crippen LogP contribution in [0.25, 0.3) is 0 Å². The van der Waals surface area contributed by atoms with E-state index >= 15 is 0 Å². The maximum absolute atomic E-state index is 3.10. The molecule has 1 nitrogen and oxygen atoms in total. The van der Waals surface area contributed by atoms with Gasteiger partial charge in [0, 0.05) is 0 Å². The monoisotopic (exact) mass is 233 g/mol. The molecule has 0 aliphatic heterocycles. The highest BCUT2D eigenvalue weighted by atomic mass is 14.8. The van der Waals surface area contributed by atoms with Crippen LogP contribution >= 0.6 is 0 Å². The lowest BCUT2D eigenvalue weighted by atomic mass is 10.1. The third kappa shape index (κ3) is 66.0. The van der Waals surface area contributed by atoms with Crippen LogP contribution in [-0.2, 0) is 0 Å². The first-order valence-corrected chi connectivity index (χ1v) is 7.33. The molecule has 16 heavy (non-hydrogen) atoms. The SMILES string of the molecule is CC.CC.CCCCC.CNCCC(C)C. The second kappa shape index (κ2) is 36.3. The van der Waals surface area contributed by atoms with Crippen LogP contribution < -0.4 is 5.32 Å². The Kier molecular flexibility index (Phi) is 56.7. The Bertz CT molecular complexity index is 58.5. The normalized spacial score (nSPS) is 7.88. The average Bonchev–Trinajstić information content (AvgIpc) is 2.33. The first-order chi connectivity index (χ1) is 7.68. The van der Waals surface area contributed by atoms with Crippen LogP contribution in [0.2, 0.25) is 0 Å². The summed E-state index contributed by atoms with van der Waals surface area (Å²) in [5, 5.41) is 3.10. The van der Waals surface area contributed by atoms with Gasteiger partial charge in [-0.1, -0.05) is 74.7 Å². The standard InChI is InChI=1S/C6H15N.C5H12.2C2H6/c1-6(2)4-5-7-3;1-3-5-4-2;2*1-2/h6-7H,4-5H2,1-3H3;3-5H2,1-2H3;2*1-2H3. The quantitative estimate of drug-likeness (QED) is 0.661. The van der Waals surface area contributed by atoms with Gasteiger partial charge in [-0.2, -0.15) is 0 Å². The molecule has 1 N–H and O–H groups in total. The molecule has 0 aromatic carbocycles. The smallest absolute Gasteiger partial charge is 0.00495 e. The Morgan fingerprint density at radius 1 is 0.875 bits per heavy atom. The first kappa shape index (κ1) is 25.0. The maximum atomic E-state index is 3.10. The second-order valence-corrected chi connectivity index (χ2v) is 3.64. The zero-order chi connectivity index (χ0) is 13.8. The highest BCUT2D eigenvalue weighted by Crippen LogP contribution is 1.94. The first-order valence-electron chi connectivity index (χ1n) is 7.33. The van der Waals surface area contributed by atoms with Crippen molar-refractivity contribution in [3.63, 3.8) is 0 Å². The number of unbranched alkanes of at least 4 members (excludes halogenated alkanes) is 2.